The van der Waals surface area contributed by atoms with Crippen LogP contribution in [0.1, 0.15) is 17.4 Å². The van der Waals surface area contributed by atoms with Crippen molar-refractivity contribution in [2.24, 2.45) is 0 Å². The molecule has 0 atom stereocenters. The predicted octanol–water partition coefficient (Wildman–Crippen LogP) is 2.93. The maximum Gasteiger partial charge on any atom is 0.226 e. The van der Waals surface area contributed by atoms with Crippen molar-refractivity contribution >= 4 is 27.5 Å². The van der Waals surface area contributed by atoms with Gasteiger partial charge in [-0.25, -0.2) is 9.67 Å². The predicted molar refractivity (Wildman–Crippen MR) is 78.2 cm³/mol. The second-order valence-electron chi connectivity index (χ2n) is 4.44. The van der Waals surface area contributed by atoms with Gasteiger partial charge in [0.1, 0.15) is 4.83 Å². The largest absolute Gasteiger partial charge is 0.354 e. The van der Waals surface area contributed by atoms with Crippen LogP contribution in [0.25, 0.3) is 16.0 Å². The first-order valence-electron chi connectivity index (χ1n) is 6.21. The minimum atomic E-state index is 0.653. The smallest absolute Gasteiger partial charge is 0.226 e. The number of anilines is 1. The molecule has 98 valence electrons. The lowest BCUT2D eigenvalue weighted by Crippen LogP contribution is -2.06. The molecule has 0 aliphatic rings. The Morgan fingerprint density at radius 1 is 1.32 bits per heavy atom. The van der Waals surface area contributed by atoms with Gasteiger partial charge in [0.25, 0.3) is 0 Å². The fraction of sp³-hybridized carbons (Fsp3) is 0.308. The molecule has 0 saturated carbocycles. The summed E-state index contributed by atoms with van der Waals surface area (Å²) in [5, 5.41) is 8.57. The summed E-state index contributed by atoms with van der Waals surface area (Å²) in [6.07, 6.45) is 3.81. The van der Waals surface area contributed by atoms with Crippen LogP contribution < -0.4 is 5.32 Å². The number of aryl methyl sites for hydroxylation is 2. The number of thiophene rings is 1. The molecule has 0 unspecified atom stereocenters. The lowest BCUT2D eigenvalue weighted by Gasteiger charge is -2.06. The molecule has 3 heterocycles. The van der Waals surface area contributed by atoms with E-state index in [0.29, 0.717) is 5.95 Å². The lowest BCUT2D eigenvalue weighted by atomic mass is 10.3. The molecule has 5 nitrogen and oxygen atoms in total. The Morgan fingerprint density at radius 2 is 2.16 bits per heavy atom. The van der Waals surface area contributed by atoms with Crippen LogP contribution in [-0.2, 0) is 0 Å². The summed E-state index contributed by atoms with van der Waals surface area (Å²) in [5.74, 6) is 1.48. The lowest BCUT2D eigenvalue weighted by molar-refractivity contribution is 0.851. The first-order chi connectivity index (χ1) is 9.17. The van der Waals surface area contributed by atoms with Gasteiger partial charge in [0.15, 0.2) is 5.82 Å². The van der Waals surface area contributed by atoms with Crippen molar-refractivity contribution in [2.75, 3.05) is 11.9 Å². The van der Waals surface area contributed by atoms with Crippen molar-refractivity contribution < 1.29 is 0 Å². The molecule has 3 aromatic heterocycles. The average molecular weight is 273 g/mol. The van der Waals surface area contributed by atoms with Crippen molar-refractivity contribution in [3.63, 3.8) is 0 Å². The summed E-state index contributed by atoms with van der Waals surface area (Å²) in [6.45, 7) is 6.93. The molecule has 6 heteroatoms. The molecule has 3 rings (SSSR count). The van der Waals surface area contributed by atoms with Crippen molar-refractivity contribution in [3.05, 3.63) is 28.9 Å². The molecule has 0 aromatic carbocycles. The van der Waals surface area contributed by atoms with E-state index in [-0.39, 0.29) is 0 Å². The van der Waals surface area contributed by atoms with E-state index in [1.807, 2.05) is 30.9 Å². The van der Waals surface area contributed by atoms with Gasteiger partial charge >= 0.3 is 0 Å². The van der Waals surface area contributed by atoms with Gasteiger partial charge < -0.3 is 5.32 Å². The third-order valence-corrected chi connectivity index (χ3v) is 3.70. The van der Waals surface area contributed by atoms with Crippen LogP contribution in [0.4, 0.5) is 5.95 Å². The molecular formula is C13H15N5S. The zero-order valence-electron chi connectivity index (χ0n) is 11.1. The van der Waals surface area contributed by atoms with E-state index in [0.717, 1.165) is 28.1 Å². The molecule has 0 bridgehead atoms. The van der Waals surface area contributed by atoms with E-state index in [2.05, 4.69) is 33.4 Å². The number of hydrogen-bond donors (Lipinski definition) is 1. The Bertz CT molecular complexity index is 728. The first kappa shape index (κ1) is 12.1. The molecule has 0 aliphatic heterocycles. The quantitative estimate of drug-likeness (QED) is 0.797. The van der Waals surface area contributed by atoms with E-state index in [1.54, 1.807) is 11.3 Å². The number of rotatable bonds is 3. The van der Waals surface area contributed by atoms with E-state index in [1.165, 1.54) is 4.88 Å². The second-order valence-corrected chi connectivity index (χ2v) is 5.67. The number of aromatic nitrogens is 4. The van der Waals surface area contributed by atoms with Crippen molar-refractivity contribution in [2.45, 2.75) is 20.8 Å². The molecule has 0 fully saturated rings. The zero-order chi connectivity index (χ0) is 13.4. The maximum absolute atomic E-state index is 4.57. The van der Waals surface area contributed by atoms with Crippen LogP contribution in [0, 0.1) is 13.8 Å². The third-order valence-electron chi connectivity index (χ3n) is 2.76. The number of fused-ring (bicyclic) bond motifs is 1. The molecule has 0 amide bonds. The summed E-state index contributed by atoms with van der Waals surface area (Å²) in [4.78, 5) is 11.3. The minimum Gasteiger partial charge on any atom is -0.354 e. The Morgan fingerprint density at radius 3 is 2.84 bits per heavy atom. The van der Waals surface area contributed by atoms with Crippen LogP contribution >= 0.6 is 11.3 Å². The molecule has 19 heavy (non-hydrogen) atoms. The summed E-state index contributed by atoms with van der Waals surface area (Å²) >= 11 is 1.68. The highest BCUT2D eigenvalue weighted by Crippen LogP contribution is 2.28. The molecule has 0 saturated heterocycles. The highest BCUT2D eigenvalue weighted by Gasteiger charge is 2.12. The van der Waals surface area contributed by atoms with Gasteiger partial charge in [-0.2, -0.15) is 10.1 Å². The summed E-state index contributed by atoms with van der Waals surface area (Å²) in [6, 6.07) is 2.11. The van der Waals surface area contributed by atoms with Gasteiger partial charge in [-0.15, -0.1) is 11.3 Å². The minimum absolute atomic E-state index is 0.653. The fourth-order valence-corrected chi connectivity index (χ4v) is 2.84. The summed E-state index contributed by atoms with van der Waals surface area (Å²) in [7, 11) is 0. The molecule has 0 radical (unpaired) electrons. The highest BCUT2D eigenvalue weighted by atomic mass is 32.1. The Labute approximate surface area is 115 Å². The van der Waals surface area contributed by atoms with E-state index in [9.17, 15) is 0 Å². The van der Waals surface area contributed by atoms with Gasteiger partial charge in [-0.3, -0.25) is 0 Å². The molecule has 0 spiro atoms. The van der Waals surface area contributed by atoms with E-state index in [4.69, 9.17) is 0 Å². The highest BCUT2D eigenvalue weighted by molar-refractivity contribution is 7.18. The Hall–Kier alpha value is -1.95. The van der Waals surface area contributed by atoms with Gasteiger partial charge in [0, 0.05) is 17.6 Å². The maximum atomic E-state index is 4.57. The van der Waals surface area contributed by atoms with Crippen LogP contribution in [0.5, 0.6) is 0 Å². The van der Waals surface area contributed by atoms with Crippen molar-refractivity contribution in [1.82, 2.24) is 19.7 Å². The van der Waals surface area contributed by atoms with E-state index >= 15 is 0 Å². The summed E-state index contributed by atoms with van der Waals surface area (Å²) < 4.78 is 1.81. The van der Waals surface area contributed by atoms with E-state index < -0.39 is 0 Å². The third kappa shape index (κ3) is 2.19. The zero-order valence-corrected chi connectivity index (χ0v) is 12.0. The number of nitrogens with one attached hydrogen (secondary N) is 1. The normalized spacial score (nSPS) is 11.1. The number of hydrogen-bond acceptors (Lipinski definition) is 5. The van der Waals surface area contributed by atoms with Crippen LogP contribution in [0.3, 0.4) is 0 Å². The molecular weight excluding hydrogens is 258 g/mol. The Kier molecular flexibility index (Phi) is 2.94. The fourth-order valence-electron chi connectivity index (χ4n) is 1.97. The average Bonchev–Trinajstić information content (AvgIpc) is 2.93. The second kappa shape index (κ2) is 4.62. The van der Waals surface area contributed by atoms with Crippen molar-refractivity contribution in [3.8, 4) is 5.82 Å². The van der Waals surface area contributed by atoms with Crippen LogP contribution in [0.2, 0.25) is 0 Å². The topological polar surface area (TPSA) is 55.6 Å². The molecule has 0 aliphatic carbocycles. The first-order valence-corrected chi connectivity index (χ1v) is 7.02. The van der Waals surface area contributed by atoms with Crippen LogP contribution in [0.15, 0.2) is 18.5 Å². The number of nitrogens with zero attached hydrogens (tertiary/aromatic N) is 4. The SMILES string of the molecule is CCNc1nc(-n2cc(C)cn2)c2cc(C)sc2n1. The molecule has 3 aromatic rings. The Balaban J connectivity index is 2.25. The van der Waals surface area contributed by atoms with Gasteiger partial charge in [0.05, 0.1) is 11.6 Å². The monoisotopic (exact) mass is 273 g/mol. The van der Waals surface area contributed by atoms with Gasteiger partial charge in [-0.05, 0) is 32.4 Å². The van der Waals surface area contributed by atoms with Gasteiger partial charge in [0.2, 0.25) is 5.95 Å². The summed E-state index contributed by atoms with van der Waals surface area (Å²) in [5.41, 5.74) is 1.11. The van der Waals surface area contributed by atoms with Crippen LogP contribution in [-0.4, -0.2) is 26.3 Å². The van der Waals surface area contributed by atoms with Gasteiger partial charge in [-0.1, -0.05) is 0 Å². The van der Waals surface area contributed by atoms with Crippen molar-refractivity contribution in [1.29, 1.82) is 0 Å². The standard InChI is InChI=1S/C13H15N5S/c1-4-14-13-16-11(18-7-8(2)6-15-18)10-5-9(3)19-12(10)17-13/h5-7H,4H2,1-3H3,(H,14,16,17). The molecule has 1 N–H and O–H groups in total.